The van der Waals surface area contributed by atoms with E-state index in [9.17, 15) is 14.4 Å². The fraction of sp³-hybridized carbons (Fsp3) is 0.286. The first kappa shape index (κ1) is 19.9. The minimum atomic E-state index is -0.596. The Hall–Kier alpha value is -2.86. The van der Waals surface area contributed by atoms with E-state index in [2.05, 4.69) is 5.32 Å². The molecule has 2 amide bonds. The lowest BCUT2D eigenvalue weighted by Crippen LogP contribution is -2.28. The number of benzene rings is 2. The van der Waals surface area contributed by atoms with Crippen LogP contribution in [0.5, 0.6) is 0 Å². The molecular formula is C21H21ClN2O4. The van der Waals surface area contributed by atoms with Crippen LogP contribution in [0.2, 0.25) is 5.02 Å². The second-order valence-corrected chi connectivity index (χ2v) is 7.29. The molecule has 0 unspecified atom stereocenters. The van der Waals surface area contributed by atoms with Crippen molar-refractivity contribution in [2.24, 2.45) is 5.92 Å². The van der Waals surface area contributed by atoms with Crippen LogP contribution in [-0.4, -0.2) is 30.9 Å². The molecular weight excluding hydrogens is 380 g/mol. The zero-order valence-electron chi connectivity index (χ0n) is 15.7. The molecule has 6 nitrogen and oxygen atoms in total. The molecule has 1 fully saturated rings. The molecule has 1 saturated heterocycles. The number of amides is 2. The number of aryl methyl sites for hydroxylation is 2. The van der Waals surface area contributed by atoms with E-state index >= 15 is 0 Å². The van der Waals surface area contributed by atoms with Crippen molar-refractivity contribution < 1.29 is 19.1 Å². The second kappa shape index (κ2) is 8.44. The van der Waals surface area contributed by atoms with Gasteiger partial charge in [0.1, 0.15) is 0 Å². The fourth-order valence-electron chi connectivity index (χ4n) is 3.22. The normalized spacial score (nSPS) is 16.2. The molecule has 0 aromatic heterocycles. The number of rotatable bonds is 5. The third-order valence-corrected chi connectivity index (χ3v) is 4.80. The van der Waals surface area contributed by atoms with Gasteiger partial charge < -0.3 is 15.0 Å². The van der Waals surface area contributed by atoms with Gasteiger partial charge in [0.25, 0.3) is 5.91 Å². The van der Waals surface area contributed by atoms with Crippen LogP contribution in [0, 0.1) is 19.8 Å². The van der Waals surface area contributed by atoms with Gasteiger partial charge in [0.15, 0.2) is 6.61 Å². The van der Waals surface area contributed by atoms with Gasteiger partial charge in [-0.2, -0.15) is 0 Å². The lowest BCUT2D eigenvalue weighted by atomic mass is 10.1. The zero-order chi connectivity index (χ0) is 20.3. The minimum Gasteiger partial charge on any atom is -0.455 e. The third kappa shape index (κ3) is 4.70. The van der Waals surface area contributed by atoms with Crippen molar-refractivity contribution in [3.63, 3.8) is 0 Å². The van der Waals surface area contributed by atoms with Crippen LogP contribution in [0.4, 0.5) is 11.4 Å². The Kier molecular flexibility index (Phi) is 5.99. The molecule has 28 heavy (non-hydrogen) atoms. The number of halogens is 1. The Balaban J connectivity index is 1.56. The summed E-state index contributed by atoms with van der Waals surface area (Å²) in [5.41, 5.74) is 3.31. The van der Waals surface area contributed by atoms with Crippen molar-refractivity contribution in [2.75, 3.05) is 23.4 Å². The smallest absolute Gasteiger partial charge is 0.311 e. The summed E-state index contributed by atoms with van der Waals surface area (Å²) in [6.07, 6.45) is 0.0674. The van der Waals surface area contributed by atoms with E-state index in [4.69, 9.17) is 16.3 Å². The molecule has 2 aromatic carbocycles. The number of hydrogen-bond acceptors (Lipinski definition) is 4. The maximum Gasteiger partial charge on any atom is 0.311 e. The average molecular weight is 401 g/mol. The molecule has 1 aliphatic rings. The number of para-hydroxylation sites is 1. The zero-order valence-corrected chi connectivity index (χ0v) is 16.5. The molecule has 0 saturated carbocycles. The second-order valence-electron chi connectivity index (χ2n) is 6.89. The van der Waals surface area contributed by atoms with Crippen molar-refractivity contribution in [2.45, 2.75) is 20.3 Å². The Morgan fingerprint density at radius 1 is 1.18 bits per heavy atom. The Labute approximate surface area is 168 Å². The molecule has 1 N–H and O–H groups in total. The summed E-state index contributed by atoms with van der Waals surface area (Å²) >= 11 is 5.98. The van der Waals surface area contributed by atoms with Crippen LogP contribution in [0.15, 0.2) is 42.5 Å². The van der Waals surface area contributed by atoms with Crippen LogP contribution < -0.4 is 10.2 Å². The average Bonchev–Trinajstić information content (AvgIpc) is 3.03. The predicted octanol–water partition coefficient (Wildman–Crippen LogP) is 3.49. The fourth-order valence-corrected chi connectivity index (χ4v) is 3.41. The summed E-state index contributed by atoms with van der Waals surface area (Å²) in [4.78, 5) is 38.2. The number of anilines is 2. The van der Waals surface area contributed by atoms with Gasteiger partial charge in [0, 0.05) is 18.7 Å². The largest absolute Gasteiger partial charge is 0.455 e. The molecule has 0 spiro atoms. The minimum absolute atomic E-state index is 0.0674. The third-order valence-electron chi connectivity index (χ3n) is 4.47. The number of carbonyl (C=O) groups is 3. The van der Waals surface area contributed by atoms with Gasteiger partial charge in [-0.25, -0.2) is 0 Å². The van der Waals surface area contributed by atoms with E-state index in [1.54, 1.807) is 29.2 Å². The maximum atomic E-state index is 12.4. The molecule has 0 radical (unpaired) electrons. The summed E-state index contributed by atoms with van der Waals surface area (Å²) < 4.78 is 5.11. The number of nitrogens with one attached hydrogen (secondary N) is 1. The highest BCUT2D eigenvalue weighted by Crippen LogP contribution is 2.27. The summed E-state index contributed by atoms with van der Waals surface area (Å²) in [5.74, 6) is -1.78. The van der Waals surface area contributed by atoms with Crippen LogP contribution in [-0.2, 0) is 19.1 Å². The van der Waals surface area contributed by atoms with E-state index in [1.165, 1.54) is 0 Å². The Morgan fingerprint density at radius 3 is 2.54 bits per heavy atom. The number of esters is 1. The van der Waals surface area contributed by atoms with Gasteiger partial charge >= 0.3 is 5.97 Å². The van der Waals surface area contributed by atoms with Crippen molar-refractivity contribution >= 4 is 40.8 Å². The number of carbonyl (C=O) groups excluding carboxylic acids is 3. The van der Waals surface area contributed by atoms with Crippen LogP contribution in [0.3, 0.4) is 0 Å². The van der Waals surface area contributed by atoms with Gasteiger partial charge in [-0.15, -0.1) is 0 Å². The van der Waals surface area contributed by atoms with Crippen molar-refractivity contribution in [1.82, 2.24) is 0 Å². The van der Waals surface area contributed by atoms with E-state index in [0.29, 0.717) is 10.7 Å². The van der Waals surface area contributed by atoms with Crippen LogP contribution in [0.1, 0.15) is 17.5 Å². The van der Waals surface area contributed by atoms with E-state index in [-0.39, 0.29) is 18.9 Å². The van der Waals surface area contributed by atoms with Gasteiger partial charge in [0.05, 0.1) is 16.6 Å². The molecule has 3 rings (SSSR count). The highest BCUT2D eigenvalue weighted by molar-refractivity contribution is 6.33. The van der Waals surface area contributed by atoms with Gasteiger partial charge in [-0.1, -0.05) is 29.8 Å². The van der Waals surface area contributed by atoms with Crippen LogP contribution in [0.25, 0.3) is 0 Å². The Morgan fingerprint density at radius 2 is 1.86 bits per heavy atom. The topological polar surface area (TPSA) is 75.7 Å². The monoisotopic (exact) mass is 400 g/mol. The van der Waals surface area contributed by atoms with E-state index < -0.39 is 24.4 Å². The summed E-state index contributed by atoms with van der Waals surface area (Å²) in [6.45, 7) is 3.73. The highest BCUT2D eigenvalue weighted by Gasteiger charge is 2.36. The number of hydrogen-bond donors (Lipinski definition) is 1. The van der Waals surface area contributed by atoms with E-state index in [0.717, 1.165) is 16.8 Å². The van der Waals surface area contributed by atoms with Gasteiger partial charge in [-0.05, 0) is 49.2 Å². The molecule has 146 valence electrons. The van der Waals surface area contributed by atoms with E-state index in [1.807, 2.05) is 32.0 Å². The first-order chi connectivity index (χ1) is 13.3. The molecule has 0 bridgehead atoms. The first-order valence-corrected chi connectivity index (χ1v) is 9.31. The quantitative estimate of drug-likeness (QED) is 0.779. The molecule has 7 heteroatoms. The van der Waals surface area contributed by atoms with Gasteiger partial charge in [0.2, 0.25) is 5.91 Å². The SMILES string of the molecule is Cc1cc(C)cc(N2C[C@@H](C(=O)OCC(=O)Nc3ccccc3Cl)CC2=O)c1. The van der Waals surface area contributed by atoms with Crippen molar-refractivity contribution in [1.29, 1.82) is 0 Å². The predicted molar refractivity (Wildman–Crippen MR) is 107 cm³/mol. The first-order valence-electron chi connectivity index (χ1n) is 8.93. The van der Waals surface area contributed by atoms with Crippen LogP contribution >= 0.6 is 11.6 Å². The molecule has 2 aromatic rings. The molecule has 1 atom stereocenters. The van der Waals surface area contributed by atoms with Crippen molar-refractivity contribution in [3.8, 4) is 0 Å². The number of nitrogens with zero attached hydrogens (tertiary/aromatic N) is 1. The Bertz CT molecular complexity index is 908. The molecule has 1 aliphatic heterocycles. The molecule has 1 heterocycles. The molecule has 0 aliphatic carbocycles. The summed E-state index contributed by atoms with van der Waals surface area (Å²) in [5, 5.41) is 2.98. The lowest BCUT2D eigenvalue weighted by Gasteiger charge is -2.18. The summed E-state index contributed by atoms with van der Waals surface area (Å²) in [7, 11) is 0. The van der Waals surface area contributed by atoms with Gasteiger partial charge in [-0.3, -0.25) is 14.4 Å². The number of ether oxygens (including phenoxy) is 1. The van der Waals surface area contributed by atoms with Crippen molar-refractivity contribution in [3.05, 3.63) is 58.6 Å². The lowest BCUT2D eigenvalue weighted by molar-refractivity contribution is -0.151. The maximum absolute atomic E-state index is 12.4. The summed E-state index contributed by atoms with van der Waals surface area (Å²) in [6, 6.07) is 12.6. The standard InChI is InChI=1S/C21H21ClN2O4/c1-13-7-14(2)9-16(8-13)24-11-15(10-20(24)26)21(27)28-12-19(25)23-18-6-4-3-5-17(18)22/h3-9,15H,10-12H2,1-2H3,(H,23,25)/t15-/m0/s1. The highest BCUT2D eigenvalue weighted by atomic mass is 35.5.